The number of fused-ring (bicyclic) bond motifs is 1. The highest BCUT2D eigenvalue weighted by Crippen LogP contribution is 2.33. The molecule has 0 radical (unpaired) electrons. The van der Waals surface area contributed by atoms with Crippen LogP contribution in [0, 0.1) is 0 Å². The molecular formula is C17H21N3OS. The highest BCUT2D eigenvalue weighted by atomic mass is 32.1. The molecule has 4 nitrogen and oxygen atoms in total. The van der Waals surface area contributed by atoms with E-state index in [1.165, 1.54) is 4.70 Å². The van der Waals surface area contributed by atoms with Crippen molar-refractivity contribution in [3.05, 3.63) is 29.1 Å². The summed E-state index contributed by atoms with van der Waals surface area (Å²) < 4.78 is 1.21. The van der Waals surface area contributed by atoms with Gasteiger partial charge in [-0.2, -0.15) is 0 Å². The second-order valence-electron chi connectivity index (χ2n) is 5.53. The van der Waals surface area contributed by atoms with Gasteiger partial charge in [0.25, 0.3) is 0 Å². The average molecular weight is 315 g/mol. The van der Waals surface area contributed by atoms with Crippen LogP contribution in [-0.4, -0.2) is 50.6 Å². The van der Waals surface area contributed by atoms with Gasteiger partial charge in [0.1, 0.15) is 5.94 Å². The van der Waals surface area contributed by atoms with Gasteiger partial charge in [0, 0.05) is 72.1 Å². The molecule has 0 amide bonds. The number of hydrogen-bond donors (Lipinski definition) is 2. The van der Waals surface area contributed by atoms with E-state index in [-0.39, 0.29) is 0 Å². The lowest BCUT2D eigenvalue weighted by Crippen LogP contribution is -2.43. The highest BCUT2D eigenvalue weighted by Gasteiger charge is 2.14. The SMILES string of the molecule is CNc1ccc2c(C(=C=O)CCN3CCNCC3)csc2c1. The molecule has 2 N–H and O–H groups in total. The van der Waals surface area contributed by atoms with Gasteiger partial charge >= 0.3 is 0 Å². The summed E-state index contributed by atoms with van der Waals surface area (Å²) in [5.74, 6) is 2.18. The molecule has 0 unspecified atom stereocenters. The minimum absolute atomic E-state index is 0.767. The van der Waals surface area contributed by atoms with Crippen LogP contribution in [0.4, 0.5) is 5.69 Å². The van der Waals surface area contributed by atoms with E-state index in [2.05, 4.69) is 45.1 Å². The van der Waals surface area contributed by atoms with Crippen molar-refractivity contribution in [3.63, 3.8) is 0 Å². The van der Waals surface area contributed by atoms with Gasteiger partial charge in [-0.3, -0.25) is 0 Å². The predicted octanol–water partition coefficient (Wildman–Crippen LogP) is 2.45. The van der Waals surface area contributed by atoms with Gasteiger partial charge < -0.3 is 15.5 Å². The van der Waals surface area contributed by atoms with Crippen LogP contribution in [0.3, 0.4) is 0 Å². The van der Waals surface area contributed by atoms with Gasteiger partial charge in [0.2, 0.25) is 0 Å². The Morgan fingerprint density at radius 1 is 1.41 bits per heavy atom. The fourth-order valence-corrected chi connectivity index (χ4v) is 3.88. The van der Waals surface area contributed by atoms with Gasteiger partial charge in [-0.1, -0.05) is 6.07 Å². The zero-order valence-corrected chi connectivity index (χ0v) is 13.6. The molecule has 116 valence electrons. The topological polar surface area (TPSA) is 44.4 Å². The first-order valence-corrected chi connectivity index (χ1v) is 8.56. The summed E-state index contributed by atoms with van der Waals surface area (Å²) in [5.41, 5.74) is 2.94. The quantitative estimate of drug-likeness (QED) is 0.832. The van der Waals surface area contributed by atoms with Crippen molar-refractivity contribution in [2.24, 2.45) is 0 Å². The van der Waals surface area contributed by atoms with Crippen LogP contribution >= 0.6 is 11.3 Å². The molecule has 0 atom stereocenters. The van der Waals surface area contributed by atoms with Gasteiger partial charge in [-0.05, 0) is 18.6 Å². The van der Waals surface area contributed by atoms with Crippen molar-refractivity contribution in [2.45, 2.75) is 6.42 Å². The highest BCUT2D eigenvalue weighted by molar-refractivity contribution is 7.17. The van der Waals surface area contributed by atoms with Crippen LogP contribution in [0.1, 0.15) is 12.0 Å². The molecular weight excluding hydrogens is 294 g/mol. The number of rotatable bonds is 5. The molecule has 0 aliphatic carbocycles. The summed E-state index contributed by atoms with van der Waals surface area (Å²) in [4.78, 5) is 13.8. The molecule has 2 heterocycles. The number of benzene rings is 1. The van der Waals surface area contributed by atoms with Crippen LogP contribution in [0.5, 0.6) is 0 Å². The number of thiophene rings is 1. The second kappa shape index (κ2) is 7.07. The molecule has 0 saturated carbocycles. The van der Waals surface area contributed by atoms with Crippen molar-refractivity contribution in [1.82, 2.24) is 10.2 Å². The van der Waals surface area contributed by atoms with Gasteiger partial charge in [-0.25, -0.2) is 4.79 Å². The first-order valence-electron chi connectivity index (χ1n) is 7.68. The maximum absolute atomic E-state index is 11.4. The molecule has 0 bridgehead atoms. The molecule has 1 aliphatic rings. The summed E-state index contributed by atoms with van der Waals surface area (Å²) in [6.07, 6.45) is 0.767. The number of nitrogens with zero attached hydrogens (tertiary/aromatic N) is 1. The van der Waals surface area contributed by atoms with Crippen LogP contribution < -0.4 is 10.6 Å². The fourth-order valence-electron chi connectivity index (χ4n) is 2.86. The third-order valence-corrected chi connectivity index (χ3v) is 5.15. The van der Waals surface area contributed by atoms with Crippen LogP contribution in [0.2, 0.25) is 0 Å². The summed E-state index contributed by atoms with van der Waals surface area (Å²) in [7, 11) is 1.92. The van der Waals surface area contributed by atoms with Gasteiger partial charge in [0.15, 0.2) is 0 Å². The molecule has 22 heavy (non-hydrogen) atoms. The predicted molar refractivity (Wildman–Crippen MR) is 94.4 cm³/mol. The van der Waals surface area contributed by atoms with E-state index in [1.54, 1.807) is 11.3 Å². The van der Waals surface area contributed by atoms with E-state index in [1.807, 2.05) is 7.05 Å². The number of anilines is 1. The van der Waals surface area contributed by atoms with Crippen LogP contribution in [0.15, 0.2) is 23.6 Å². The summed E-state index contributed by atoms with van der Waals surface area (Å²) in [5, 5.41) is 9.74. The largest absolute Gasteiger partial charge is 0.388 e. The lowest BCUT2D eigenvalue weighted by molar-refractivity contribution is 0.246. The Hall–Kier alpha value is -1.65. The number of piperazine rings is 1. The zero-order valence-electron chi connectivity index (χ0n) is 12.8. The lowest BCUT2D eigenvalue weighted by Gasteiger charge is -2.27. The van der Waals surface area contributed by atoms with Gasteiger partial charge in [0.05, 0.1) is 0 Å². The zero-order chi connectivity index (χ0) is 15.4. The fraction of sp³-hybridized carbons (Fsp3) is 0.412. The normalized spacial score (nSPS) is 15.7. The number of hydrogen-bond acceptors (Lipinski definition) is 5. The molecule has 1 aliphatic heterocycles. The maximum atomic E-state index is 11.4. The van der Waals surface area contributed by atoms with E-state index in [0.29, 0.717) is 0 Å². The van der Waals surface area contributed by atoms with E-state index < -0.39 is 0 Å². The monoisotopic (exact) mass is 315 g/mol. The minimum Gasteiger partial charge on any atom is -0.388 e. The Kier molecular flexibility index (Phi) is 4.90. The van der Waals surface area contributed by atoms with Gasteiger partial charge in [-0.15, -0.1) is 11.3 Å². The standard InChI is InChI=1S/C17H21N3OS/c1-18-14-2-3-15-16(12-22-17(15)10-14)13(11-21)4-7-20-8-5-19-6-9-20/h2-3,10,12,18-19H,4-9H2,1H3. The molecule has 3 rings (SSSR count). The van der Waals surface area contributed by atoms with E-state index in [0.717, 1.165) is 61.4 Å². The van der Waals surface area contributed by atoms with E-state index in [9.17, 15) is 4.79 Å². The lowest BCUT2D eigenvalue weighted by atomic mass is 10.0. The number of carbonyl (C=O) groups excluding carboxylic acids is 1. The van der Waals surface area contributed by atoms with Crippen molar-refractivity contribution < 1.29 is 4.79 Å². The summed E-state index contributed by atoms with van der Waals surface area (Å²) in [6, 6.07) is 6.27. The van der Waals surface area contributed by atoms with Crippen molar-refractivity contribution in [1.29, 1.82) is 0 Å². The first kappa shape index (κ1) is 15.3. The van der Waals surface area contributed by atoms with Crippen molar-refractivity contribution in [2.75, 3.05) is 45.1 Å². The molecule has 2 aromatic rings. The second-order valence-corrected chi connectivity index (χ2v) is 6.44. The first-order chi connectivity index (χ1) is 10.8. The summed E-state index contributed by atoms with van der Waals surface area (Å²) >= 11 is 1.69. The maximum Gasteiger partial charge on any atom is 0.128 e. The Labute approximate surface area is 134 Å². The molecule has 5 heteroatoms. The Morgan fingerprint density at radius 3 is 2.95 bits per heavy atom. The Balaban J connectivity index is 1.77. The summed E-state index contributed by atoms with van der Waals surface area (Å²) in [6.45, 7) is 5.12. The third-order valence-electron chi connectivity index (χ3n) is 4.20. The molecule has 0 spiro atoms. The van der Waals surface area contributed by atoms with Crippen LogP contribution in [-0.2, 0) is 4.79 Å². The van der Waals surface area contributed by atoms with Crippen LogP contribution in [0.25, 0.3) is 15.7 Å². The third kappa shape index (κ3) is 3.23. The van der Waals surface area contributed by atoms with Crippen molar-refractivity contribution >= 4 is 38.6 Å². The smallest absolute Gasteiger partial charge is 0.128 e. The molecule has 1 aromatic heterocycles. The average Bonchev–Trinajstić information content (AvgIpc) is 2.99. The molecule has 1 fully saturated rings. The Bertz CT molecular complexity index is 697. The van der Waals surface area contributed by atoms with E-state index >= 15 is 0 Å². The molecule has 1 saturated heterocycles. The van der Waals surface area contributed by atoms with E-state index in [4.69, 9.17) is 0 Å². The number of nitrogens with one attached hydrogen (secondary N) is 2. The minimum atomic E-state index is 0.767. The van der Waals surface area contributed by atoms with Crippen molar-refractivity contribution in [3.8, 4) is 0 Å². The molecule has 1 aromatic carbocycles. The Morgan fingerprint density at radius 2 is 2.23 bits per heavy atom.